The van der Waals surface area contributed by atoms with Gasteiger partial charge >= 0.3 is 0 Å². The summed E-state index contributed by atoms with van der Waals surface area (Å²) in [5, 5.41) is 36.3. The summed E-state index contributed by atoms with van der Waals surface area (Å²) in [5.41, 5.74) is 2.54. The summed E-state index contributed by atoms with van der Waals surface area (Å²) in [7, 11) is 0. The van der Waals surface area contributed by atoms with E-state index in [9.17, 15) is 0 Å². The number of furan rings is 2. The standard InChI is InChI=1S/C26H13N5O2/c27-13-17(14-28)2-1-3-21-5-8-25(32-21)19-4-7-23-20(11-19)12-24(31-23)26-9-6-22(33-26)10-18(15-29)16-30/h1-12,31H/b3-1+. The van der Waals surface area contributed by atoms with E-state index in [1.54, 1.807) is 54.6 Å². The largest absolute Gasteiger partial charge is 0.457 e. The summed E-state index contributed by atoms with van der Waals surface area (Å²) < 4.78 is 11.6. The zero-order chi connectivity index (χ0) is 23.2. The van der Waals surface area contributed by atoms with Crippen molar-refractivity contribution in [2.45, 2.75) is 0 Å². The third kappa shape index (κ3) is 4.49. The molecule has 0 amide bonds. The number of hydrogen-bond donors (Lipinski definition) is 1. The second-order valence-electron chi connectivity index (χ2n) is 6.83. The Bertz CT molecular complexity index is 1580. The molecule has 33 heavy (non-hydrogen) atoms. The van der Waals surface area contributed by atoms with Crippen LogP contribution in [0.4, 0.5) is 0 Å². The molecule has 0 atom stereocenters. The lowest BCUT2D eigenvalue weighted by Gasteiger charge is -1.97. The van der Waals surface area contributed by atoms with E-state index in [1.165, 1.54) is 12.2 Å². The van der Waals surface area contributed by atoms with E-state index >= 15 is 0 Å². The zero-order valence-electron chi connectivity index (χ0n) is 17.0. The number of fused-ring (bicyclic) bond motifs is 1. The molecule has 154 valence electrons. The molecule has 0 saturated carbocycles. The van der Waals surface area contributed by atoms with Gasteiger partial charge < -0.3 is 13.8 Å². The molecule has 0 aliphatic rings. The van der Waals surface area contributed by atoms with Crippen molar-refractivity contribution in [2.75, 3.05) is 0 Å². The molecule has 0 spiro atoms. The van der Waals surface area contributed by atoms with Gasteiger partial charge in [0.2, 0.25) is 0 Å². The second kappa shape index (κ2) is 9.11. The van der Waals surface area contributed by atoms with Gasteiger partial charge in [0.25, 0.3) is 0 Å². The molecule has 3 aromatic heterocycles. The third-order valence-corrected chi connectivity index (χ3v) is 4.72. The van der Waals surface area contributed by atoms with Crippen molar-refractivity contribution in [3.05, 3.63) is 83.3 Å². The van der Waals surface area contributed by atoms with Gasteiger partial charge in [-0.25, -0.2) is 0 Å². The Hall–Kier alpha value is -5.50. The van der Waals surface area contributed by atoms with Crippen molar-refractivity contribution in [3.63, 3.8) is 0 Å². The molecule has 0 unspecified atom stereocenters. The second-order valence-corrected chi connectivity index (χ2v) is 6.83. The highest BCUT2D eigenvalue weighted by Crippen LogP contribution is 2.30. The van der Waals surface area contributed by atoms with E-state index in [-0.39, 0.29) is 11.1 Å². The number of benzene rings is 1. The minimum atomic E-state index is -0.0311. The van der Waals surface area contributed by atoms with Crippen LogP contribution in [0.2, 0.25) is 0 Å². The fraction of sp³-hybridized carbons (Fsp3) is 0. The van der Waals surface area contributed by atoms with Crippen molar-refractivity contribution < 1.29 is 8.83 Å². The number of nitrogens with zero attached hydrogens (tertiary/aromatic N) is 4. The van der Waals surface area contributed by atoms with E-state index < -0.39 is 0 Å². The van der Waals surface area contributed by atoms with Crippen molar-refractivity contribution in [1.29, 1.82) is 21.0 Å². The van der Waals surface area contributed by atoms with Gasteiger partial charge in [-0.2, -0.15) is 21.0 Å². The average molecular weight is 427 g/mol. The highest BCUT2D eigenvalue weighted by atomic mass is 16.3. The minimum Gasteiger partial charge on any atom is -0.457 e. The molecule has 0 saturated heterocycles. The molecule has 0 radical (unpaired) electrons. The summed E-state index contributed by atoms with van der Waals surface area (Å²) >= 11 is 0. The molecule has 1 aromatic carbocycles. The number of aromatic amines is 1. The maximum absolute atomic E-state index is 8.89. The Morgan fingerprint density at radius 1 is 0.758 bits per heavy atom. The smallest absolute Gasteiger partial charge is 0.151 e. The molecule has 0 bridgehead atoms. The zero-order valence-corrected chi connectivity index (χ0v) is 17.0. The van der Waals surface area contributed by atoms with Gasteiger partial charge in [-0.3, -0.25) is 0 Å². The van der Waals surface area contributed by atoms with Crippen LogP contribution in [0, 0.1) is 45.3 Å². The lowest BCUT2D eigenvalue weighted by Crippen LogP contribution is -1.74. The summed E-state index contributed by atoms with van der Waals surface area (Å²) in [5.74, 6) is 2.28. The molecule has 0 fully saturated rings. The van der Waals surface area contributed by atoms with Crippen LogP contribution in [-0.4, -0.2) is 4.98 Å². The molecule has 4 aromatic rings. The fourth-order valence-electron chi connectivity index (χ4n) is 3.16. The van der Waals surface area contributed by atoms with Gasteiger partial charge in [0.15, 0.2) is 5.76 Å². The van der Waals surface area contributed by atoms with Crippen LogP contribution in [0.1, 0.15) is 11.5 Å². The SMILES string of the molecule is N#CC(C#N)=C/C=C/c1ccc(-c2ccc3[nH]c(-c4ccc(C=C(C#N)C#N)o4)cc3c2)o1. The predicted molar refractivity (Wildman–Crippen MR) is 121 cm³/mol. The van der Waals surface area contributed by atoms with E-state index in [2.05, 4.69) is 4.98 Å². The summed E-state index contributed by atoms with van der Waals surface area (Å²) in [6.07, 6.45) is 6.09. The Morgan fingerprint density at radius 2 is 1.45 bits per heavy atom. The van der Waals surface area contributed by atoms with Gasteiger partial charge in [-0.15, -0.1) is 0 Å². The van der Waals surface area contributed by atoms with Crippen LogP contribution < -0.4 is 0 Å². The predicted octanol–water partition coefficient (Wildman–Crippen LogP) is 6.11. The van der Waals surface area contributed by atoms with Gasteiger partial charge in [-0.1, -0.05) is 6.08 Å². The number of hydrogen-bond acceptors (Lipinski definition) is 6. The number of rotatable bonds is 5. The number of allylic oxidation sites excluding steroid dienone is 4. The van der Waals surface area contributed by atoms with Gasteiger partial charge in [0, 0.05) is 22.5 Å². The minimum absolute atomic E-state index is 0.0158. The van der Waals surface area contributed by atoms with Crippen LogP contribution in [0.3, 0.4) is 0 Å². The van der Waals surface area contributed by atoms with Crippen LogP contribution in [0.5, 0.6) is 0 Å². The van der Waals surface area contributed by atoms with Crippen molar-refractivity contribution in [3.8, 4) is 47.1 Å². The molecular weight excluding hydrogens is 414 g/mol. The number of H-pyrrole nitrogens is 1. The van der Waals surface area contributed by atoms with E-state index in [4.69, 9.17) is 29.9 Å². The first-order valence-electron chi connectivity index (χ1n) is 9.67. The first kappa shape index (κ1) is 20.8. The first-order valence-corrected chi connectivity index (χ1v) is 9.67. The monoisotopic (exact) mass is 427 g/mol. The third-order valence-electron chi connectivity index (χ3n) is 4.72. The average Bonchev–Trinajstić information content (AvgIpc) is 3.59. The highest BCUT2D eigenvalue weighted by Gasteiger charge is 2.10. The van der Waals surface area contributed by atoms with Gasteiger partial charge in [0.05, 0.1) is 5.69 Å². The summed E-state index contributed by atoms with van der Waals surface area (Å²) in [6, 6.07) is 22.1. The van der Waals surface area contributed by atoms with Crippen molar-refractivity contribution in [1.82, 2.24) is 4.98 Å². The van der Waals surface area contributed by atoms with E-state index in [0.29, 0.717) is 23.0 Å². The lowest BCUT2D eigenvalue weighted by molar-refractivity contribution is 0.570. The van der Waals surface area contributed by atoms with Crippen LogP contribution >= 0.6 is 0 Å². The molecule has 7 heteroatoms. The number of nitriles is 4. The first-order chi connectivity index (χ1) is 16.1. The van der Waals surface area contributed by atoms with Gasteiger partial charge in [0.1, 0.15) is 52.7 Å². The summed E-state index contributed by atoms with van der Waals surface area (Å²) in [4.78, 5) is 3.29. The number of aromatic nitrogens is 1. The number of nitrogens with one attached hydrogen (secondary N) is 1. The van der Waals surface area contributed by atoms with Crippen LogP contribution in [0.15, 0.2) is 80.7 Å². The lowest BCUT2D eigenvalue weighted by atomic mass is 10.1. The molecule has 4 rings (SSSR count). The normalized spacial score (nSPS) is 10.2. The Labute approximate surface area is 188 Å². The van der Waals surface area contributed by atoms with E-state index in [0.717, 1.165) is 22.2 Å². The Morgan fingerprint density at radius 3 is 2.21 bits per heavy atom. The van der Waals surface area contributed by atoms with Gasteiger partial charge in [-0.05, 0) is 60.7 Å². The molecular formula is C26H13N5O2. The Kier molecular flexibility index (Phi) is 5.73. The van der Waals surface area contributed by atoms with E-state index in [1.807, 2.05) is 30.3 Å². The maximum Gasteiger partial charge on any atom is 0.151 e. The fourth-order valence-corrected chi connectivity index (χ4v) is 3.16. The molecule has 0 aliphatic heterocycles. The quantitative estimate of drug-likeness (QED) is 0.301. The molecule has 3 heterocycles. The molecule has 7 nitrogen and oxygen atoms in total. The highest BCUT2D eigenvalue weighted by molar-refractivity contribution is 5.88. The summed E-state index contributed by atoms with van der Waals surface area (Å²) in [6.45, 7) is 0. The Balaban J connectivity index is 1.58. The molecule has 0 aliphatic carbocycles. The molecule has 1 N–H and O–H groups in total. The van der Waals surface area contributed by atoms with Crippen LogP contribution in [0.25, 0.3) is 45.8 Å². The van der Waals surface area contributed by atoms with Crippen molar-refractivity contribution in [2.24, 2.45) is 0 Å². The van der Waals surface area contributed by atoms with Crippen LogP contribution in [-0.2, 0) is 0 Å². The van der Waals surface area contributed by atoms with Crippen molar-refractivity contribution >= 4 is 23.1 Å². The topological polar surface area (TPSA) is 137 Å². The maximum atomic E-state index is 8.89.